The van der Waals surface area contributed by atoms with Gasteiger partial charge in [0, 0.05) is 21.7 Å². The number of nitrogens with one attached hydrogen (secondary N) is 1. The van der Waals surface area contributed by atoms with Crippen molar-refractivity contribution in [2.75, 3.05) is 5.32 Å². The van der Waals surface area contributed by atoms with Crippen LogP contribution in [0.1, 0.15) is 18.5 Å². The minimum atomic E-state index is -0.710. The van der Waals surface area contributed by atoms with Gasteiger partial charge in [0.05, 0.1) is 11.7 Å². The molecule has 0 saturated heterocycles. The maximum atomic E-state index is 13.2. The summed E-state index contributed by atoms with van der Waals surface area (Å²) in [6.07, 6.45) is 1.44. The van der Waals surface area contributed by atoms with E-state index in [-0.39, 0.29) is 11.5 Å². The Balaban J connectivity index is 1.70. The van der Waals surface area contributed by atoms with Gasteiger partial charge in [-0.3, -0.25) is 14.2 Å². The number of aromatic nitrogens is 2. The summed E-state index contributed by atoms with van der Waals surface area (Å²) in [5.74, 6) is -0.277. The predicted molar refractivity (Wildman–Crippen MR) is 119 cm³/mol. The number of nitrogens with zero attached hydrogens (tertiary/aromatic N) is 2. The lowest BCUT2D eigenvalue weighted by atomic mass is 10.1. The summed E-state index contributed by atoms with van der Waals surface area (Å²) in [5.41, 5.74) is 3.22. The average Bonchev–Trinajstić information content (AvgIpc) is 3.15. The molecule has 5 nitrogen and oxygen atoms in total. The smallest absolute Gasteiger partial charge is 0.263 e. The Kier molecular flexibility index (Phi) is 5.22. The Morgan fingerprint density at radius 1 is 1.14 bits per heavy atom. The van der Waals surface area contributed by atoms with Gasteiger partial charge in [-0.15, -0.1) is 11.3 Å². The van der Waals surface area contributed by atoms with Crippen LogP contribution < -0.4 is 10.9 Å². The first kappa shape index (κ1) is 19.4. The second-order valence-corrected chi connectivity index (χ2v) is 8.12. The van der Waals surface area contributed by atoms with Crippen molar-refractivity contribution in [2.45, 2.75) is 19.9 Å². The van der Waals surface area contributed by atoms with Crippen LogP contribution >= 0.6 is 22.9 Å². The topological polar surface area (TPSA) is 64.0 Å². The minimum Gasteiger partial charge on any atom is -0.324 e. The monoisotopic (exact) mass is 423 g/mol. The Labute approximate surface area is 176 Å². The number of amides is 1. The van der Waals surface area contributed by atoms with Crippen molar-refractivity contribution in [3.63, 3.8) is 0 Å². The molecule has 0 bridgehead atoms. The summed E-state index contributed by atoms with van der Waals surface area (Å²) in [6, 6.07) is 14.1. The molecular formula is C22H18ClN3O2S. The number of anilines is 1. The third-order valence-corrected chi connectivity index (χ3v) is 5.93. The number of carbonyl (C=O) groups is 1. The Morgan fingerprint density at radius 2 is 1.83 bits per heavy atom. The van der Waals surface area contributed by atoms with Gasteiger partial charge in [0.15, 0.2) is 0 Å². The maximum Gasteiger partial charge on any atom is 0.263 e. The highest BCUT2D eigenvalue weighted by Gasteiger charge is 2.20. The van der Waals surface area contributed by atoms with Crippen LogP contribution in [0.2, 0.25) is 5.02 Å². The van der Waals surface area contributed by atoms with E-state index in [4.69, 9.17) is 11.6 Å². The van der Waals surface area contributed by atoms with Gasteiger partial charge >= 0.3 is 0 Å². The van der Waals surface area contributed by atoms with Crippen LogP contribution in [-0.4, -0.2) is 15.5 Å². The van der Waals surface area contributed by atoms with E-state index in [1.54, 1.807) is 19.1 Å². The number of rotatable bonds is 4. The Hall–Kier alpha value is -2.96. The number of hydrogen-bond donors (Lipinski definition) is 1. The molecule has 1 unspecified atom stereocenters. The fourth-order valence-corrected chi connectivity index (χ4v) is 4.11. The van der Waals surface area contributed by atoms with E-state index in [9.17, 15) is 9.59 Å². The zero-order chi connectivity index (χ0) is 20.5. The summed E-state index contributed by atoms with van der Waals surface area (Å²) in [6.45, 7) is 3.67. The molecular weight excluding hydrogens is 406 g/mol. The van der Waals surface area contributed by atoms with Crippen molar-refractivity contribution < 1.29 is 4.79 Å². The van der Waals surface area contributed by atoms with Crippen molar-refractivity contribution in [2.24, 2.45) is 0 Å². The van der Waals surface area contributed by atoms with E-state index in [0.717, 1.165) is 16.7 Å². The van der Waals surface area contributed by atoms with Gasteiger partial charge in [-0.05, 0) is 43.7 Å². The zero-order valence-corrected chi connectivity index (χ0v) is 17.4. The lowest BCUT2D eigenvalue weighted by Crippen LogP contribution is -2.31. The molecule has 0 radical (unpaired) electrons. The van der Waals surface area contributed by atoms with Gasteiger partial charge in [-0.1, -0.05) is 41.4 Å². The number of hydrogen-bond acceptors (Lipinski definition) is 4. The Bertz CT molecular complexity index is 1240. The van der Waals surface area contributed by atoms with Crippen molar-refractivity contribution in [3.8, 4) is 11.1 Å². The molecule has 1 atom stereocenters. The van der Waals surface area contributed by atoms with Crippen molar-refractivity contribution in [3.05, 3.63) is 81.2 Å². The second-order valence-electron chi connectivity index (χ2n) is 6.82. The van der Waals surface area contributed by atoms with E-state index in [0.29, 0.717) is 20.9 Å². The molecule has 4 aromatic rings. The van der Waals surface area contributed by atoms with Gasteiger partial charge in [-0.2, -0.15) is 0 Å². The van der Waals surface area contributed by atoms with E-state index in [2.05, 4.69) is 10.3 Å². The number of aryl methyl sites for hydroxylation is 1. The van der Waals surface area contributed by atoms with Crippen LogP contribution in [0.25, 0.3) is 21.3 Å². The number of fused-ring (bicyclic) bond motifs is 1. The second kappa shape index (κ2) is 7.81. The molecule has 2 aromatic heterocycles. The average molecular weight is 424 g/mol. The van der Waals surface area contributed by atoms with Crippen LogP contribution in [0, 0.1) is 6.92 Å². The fraction of sp³-hybridized carbons (Fsp3) is 0.136. The van der Waals surface area contributed by atoms with Gasteiger partial charge < -0.3 is 5.32 Å². The zero-order valence-electron chi connectivity index (χ0n) is 15.8. The third kappa shape index (κ3) is 3.81. The van der Waals surface area contributed by atoms with E-state index in [1.807, 2.05) is 48.7 Å². The molecule has 2 aromatic carbocycles. The first-order chi connectivity index (χ1) is 13.9. The third-order valence-electron chi connectivity index (χ3n) is 4.79. The summed E-state index contributed by atoms with van der Waals surface area (Å²) < 4.78 is 1.37. The molecule has 7 heteroatoms. The highest BCUT2D eigenvalue weighted by molar-refractivity contribution is 7.17. The predicted octanol–water partition coefficient (Wildman–Crippen LogP) is 5.29. The summed E-state index contributed by atoms with van der Waals surface area (Å²) in [4.78, 5) is 31.0. The highest BCUT2D eigenvalue weighted by atomic mass is 35.5. The van der Waals surface area contributed by atoms with Crippen LogP contribution in [-0.2, 0) is 4.79 Å². The Morgan fingerprint density at radius 3 is 2.52 bits per heavy atom. The van der Waals surface area contributed by atoms with Crippen molar-refractivity contribution in [1.29, 1.82) is 0 Å². The molecule has 0 saturated carbocycles. The minimum absolute atomic E-state index is 0.243. The van der Waals surface area contributed by atoms with Crippen LogP contribution in [0.15, 0.2) is 65.0 Å². The molecule has 29 heavy (non-hydrogen) atoms. The molecule has 0 spiro atoms. The van der Waals surface area contributed by atoms with Gasteiger partial charge in [-0.25, -0.2) is 4.98 Å². The SMILES string of the molecule is Cc1ccc(NC(=O)C(C)n2cnc3scc(-c4ccc(Cl)cc4)c3c2=O)cc1. The number of carbonyl (C=O) groups excluding carboxylic acids is 1. The molecule has 2 heterocycles. The largest absolute Gasteiger partial charge is 0.324 e. The number of halogens is 1. The standard InChI is InChI=1S/C22H18ClN3O2S/c1-13-3-9-17(10-4-13)25-20(27)14(2)26-12-24-21-19(22(26)28)18(11-29-21)15-5-7-16(23)8-6-15/h3-12,14H,1-2H3,(H,25,27). The van der Waals surface area contributed by atoms with Crippen molar-refractivity contribution in [1.82, 2.24) is 9.55 Å². The van der Waals surface area contributed by atoms with Crippen LogP contribution in [0.5, 0.6) is 0 Å². The first-order valence-corrected chi connectivity index (χ1v) is 10.3. The summed E-state index contributed by atoms with van der Waals surface area (Å²) in [7, 11) is 0. The summed E-state index contributed by atoms with van der Waals surface area (Å²) in [5, 5.41) is 5.90. The first-order valence-electron chi connectivity index (χ1n) is 9.06. The van der Waals surface area contributed by atoms with Gasteiger partial charge in [0.2, 0.25) is 5.91 Å². The normalized spacial score (nSPS) is 12.1. The lowest BCUT2D eigenvalue weighted by molar-refractivity contribution is -0.118. The van der Waals surface area contributed by atoms with Gasteiger partial charge in [0.25, 0.3) is 5.56 Å². The van der Waals surface area contributed by atoms with E-state index in [1.165, 1.54) is 22.2 Å². The molecule has 0 aliphatic rings. The highest BCUT2D eigenvalue weighted by Crippen LogP contribution is 2.31. The van der Waals surface area contributed by atoms with E-state index < -0.39 is 6.04 Å². The van der Waals surface area contributed by atoms with E-state index >= 15 is 0 Å². The summed E-state index contributed by atoms with van der Waals surface area (Å²) >= 11 is 7.38. The fourth-order valence-electron chi connectivity index (χ4n) is 3.07. The molecule has 1 amide bonds. The van der Waals surface area contributed by atoms with Crippen LogP contribution in [0.4, 0.5) is 5.69 Å². The molecule has 0 fully saturated rings. The molecule has 4 rings (SSSR count). The maximum absolute atomic E-state index is 13.2. The number of benzene rings is 2. The lowest BCUT2D eigenvalue weighted by Gasteiger charge is -2.15. The molecule has 0 aliphatic carbocycles. The quantitative estimate of drug-likeness (QED) is 0.485. The van der Waals surface area contributed by atoms with Gasteiger partial charge in [0.1, 0.15) is 10.9 Å². The van der Waals surface area contributed by atoms with Crippen LogP contribution in [0.3, 0.4) is 0 Å². The number of thiophene rings is 1. The molecule has 1 N–H and O–H groups in total. The van der Waals surface area contributed by atoms with Crippen molar-refractivity contribution >= 4 is 44.7 Å². The molecule has 0 aliphatic heterocycles. The molecule has 146 valence electrons.